The van der Waals surface area contributed by atoms with Gasteiger partial charge in [0.1, 0.15) is 11.3 Å². The molecule has 0 aliphatic carbocycles. The normalized spacial score (nSPS) is 25.8. The van der Waals surface area contributed by atoms with Crippen LogP contribution in [-0.2, 0) is 6.54 Å². The highest BCUT2D eigenvalue weighted by molar-refractivity contribution is 5.85. The van der Waals surface area contributed by atoms with Gasteiger partial charge in [0, 0.05) is 42.7 Å². The first-order valence-corrected chi connectivity index (χ1v) is 7.75. The number of rotatable bonds is 2. The zero-order valence-electron chi connectivity index (χ0n) is 12.5. The van der Waals surface area contributed by atoms with Crippen LogP contribution in [0.4, 0.5) is 0 Å². The largest absolute Gasteiger partial charge is 0.461 e. The van der Waals surface area contributed by atoms with Crippen molar-refractivity contribution in [2.24, 2.45) is 0 Å². The molecule has 21 heavy (non-hydrogen) atoms. The Balaban J connectivity index is 0.00000132. The fraction of sp³-hybridized carbons (Fsp3) is 0.529. The molecule has 3 nitrogen and oxygen atoms in total. The molecule has 0 spiro atoms. The van der Waals surface area contributed by atoms with Crippen molar-refractivity contribution in [2.45, 2.75) is 44.8 Å². The zero-order chi connectivity index (χ0) is 13.5. The van der Waals surface area contributed by atoms with Crippen molar-refractivity contribution >= 4 is 23.4 Å². The van der Waals surface area contributed by atoms with E-state index in [1.54, 1.807) is 0 Å². The highest BCUT2D eigenvalue weighted by atomic mass is 35.5. The van der Waals surface area contributed by atoms with Crippen LogP contribution in [-0.4, -0.2) is 30.1 Å². The molecule has 1 aromatic carbocycles. The van der Waals surface area contributed by atoms with Gasteiger partial charge in [0.2, 0.25) is 0 Å². The molecule has 0 saturated carbocycles. The van der Waals surface area contributed by atoms with E-state index < -0.39 is 0 Å². The number of aryl methyl sites for hydroxylation is 1. The van der Waals surface area contributed by atoms with Crippen LogP contribution in [0.15, 0.2) is 28.7 Å². The Hall–Kier alpha value is -1.03. The Labute approximate surface area is 132 Å². The summed E-state index contributed by atoms with van der Waals surface area (Å²) >= 11 is 0. The maximum Gasteiger partial charge on any atom is 0.134 e. The predicted molar refractivity (Wildman–Crippen MR) is 88.0 cm³/mol. The van der Waals surface area contributed by atoms with Crippen LogP contribution in [0.3, 0.4) is 0 Å². The monoisotopic (exact) mass is 306 g/mol. The van der Waals surface area contributed by atoms with Crippen LogP contribution < -0.4 is 5.32 Å². The summed E-state index contributed by atoms with van der Waals surface area (Å²) < 4.78 is 5.89. The number of hydrogen-bond acceptors (Lipinski definition) is 3. The molecular weight excluding hydrogens is 284 g/mol. The molecule has 1 aromatic heterocycles. The standard InChI is InChI=1S/C17H22N2O.ClH/c1-12-16(15-4-2-3-5-17(15)20-12)11-19-9-8-13-6-7-14(10-19)18-13;/h2-5,13-14,18H,6-11H2,1H3;1H. The number of furan rings is 1. The highest BCUT2D eigenvalue weighted by Crippen LogP contribution is 2.28. The average Bonchev–Trinajstić information content (AvgIpc) is 2.93. The van der Waals surface area contributed by atoms with Crippen LogP contribution in [0.5, 0.6) is 0 Å². The molecule has 2 unspecified atom stereocenters. The molecule has 4 heteroatoms. The second-order valence-electron chi connectivity index (χ2n) is 6.29. The number of nitrogens with zero attached hydrogens (tertiary/aromatic N) is 1. The van der Waals surface area contributed by atoms with Gasteiger partial charge < -0.3 is 9.73 Å². The quantitative estimate of drug-likeness (QED) is 0.920. The van der Waals surface area contributed by atoms with Crippen LogP contribution in [0, 0.1) is 6.92 Å². The van der Waals surface area contributed by atoms with E-state index in [9.17, 15) is 0 Å². The van der Waals surface area contributed by atoms with Crippen molar-refractivity contribution in [1.82, 2.24) is 10.2 Å². The molecule has 0 amide bonds. The summed E-state index contributed by atoms with van der Waals surface area (Å²) in [5, 5.41) is 5.03. The molecule has 2 aromatic rings. The van der Waals surface area contributed by atoms with Crippen molar-refractivity contribution in [1.29, 1.82) is 0 Å². The number of nitrogens with one attached hydrogen (secondary N) is 1. The van der Waals surface area contributed by atoms with Crippen molar-refractivity contribution in [2.75, 3.05) is 13.1 Å². The number of hydrogen-bond donors (Lipinski definition) is 1. The molecule has 3 heterocycles. The Bertz CT molecular complexity index is 624. The lowest BCUT2D eigenvalue weighted by molar-refractivity contribution is 0.250. The van der Waals surface area contributed by atoms with E-state index >= 15 is 0 Å². The number of halogens is 1. The second kappa shape index (κ2) is 5.99. The first kappa shape index (κ1) is 14.9. The van der Waals surface area contributed by atoms with Crippen molar-refractivity contribution in [3.05, 3.63) is 35.6 Å². The van der Waals surface area contributed by atoms with Gasteiger partial charge in [-0.3, -0.25) is 4.90 Å². The lowest BCUT2D eigenvalue weighted by Gasteiger charge is -2.23. The lowest BCUT2D eigenvalue weighted by atomic mass is 10.1. The smallest absolute Gasteiger partial charge is 0.134 e. The van der Waals surface area contributed by atoms with Crippen molar-refractivity contribution < 1.29 is 4.42 Å². The fourth-order valence-electron chi connectivity index (χ4n) is 3.80. The SMILES string of the molecule is Cc1oc2ccccc2c1CN1CCC2CCC(C1)N2.Cl. The number of para-hydroxylation sites is 1. The van der Waals surface area contributed by atoms with Crippen LogP contribution in [0.1, 0.15) is 30.6 Å². The van der Waals surface area contributed by atoms with Gasteiger partial charge in [-0.05, 0) is 32.3 Å². The number of benzene rings is 1. The third-order valence-electron chi connectivity index (χ3n) is 4.89. The predicted octanol–water partition coefficient (Wildman–Crippen LogP) is 3.49. The van der Waals surface area contributed by atoms with Crippen molar-refractivity contribution in [3.8, 4) is 0 Å². The highest BCUT2D eigenvalue weighted by Gasteiger charge is 2.29. The van der Waals surface area contributed by atoms with E-state index in [-0.39, 0.29) is 12.4 Å². The molecule has 2 atom stereocenters. The first-order chi connectivity index (χ1) is 9.79. The summed E-state index contributed by atoms with van der Waals surface area (Å²) in [5.41, 5.74) is 2.40. The Morgan fingerprint density at radius 1 is 1.19 bits per heavy atom. The van der Waals surface area contributed by atoms with Crippen LogP contribution >= 0.6 is 12.4 Å². The van der Waals surface area contributed by atoms with Gasteiger partial charge in [0.05, 0.1) is 0 Å². The molecule has 2 aliphatic heterocycles. The molecule has 0 radical (unpaired) electrons. The Morgan fingerprint density at radius 3 is 2.90 bits per heavy atom. The molecule has 2 fully saturated rings. The van der Waals surface area contributed by atoms with Gasteiger partial charge in [-0.15, -0.1) is 12.4 Å². The minimum atomic E-state index is 0. The van der Waals surface area contributed by atoms with E-state index in [0.29, 0.717) is 6.04 Å². The Morgan fingerprint density at radius 2 is 2.00 bits per heavy atom. The summed E-state index contributed by atoms with van der Waals surface area (Å²) in [4.78, 5) is 2.60. The van der Waals surface area contributed by atoms with E-state index in [4.69, 9.17) is 4.42 Å². The first-order valence-electron chi connectivity index (χ1n) is 7.75. The summed E-state index contributed by atoms with van der Waals surface area (Å²) in [6.45, 7) is 5.49. The second-order valence-corrected chi connectivity index (χ2v) is 6.29. The molecule has 4 rings (SSSR count). The fourth-order valence-corrected chi connectivity index (χ4v) is 3.80. The Kier molecular flexibility index (Phi) is 4.25. The number of likely N-dealkylation sites (tertiary alicyclic amines) is 1. The van der Waals surface area contributed by atoms with E-state index in [2.05, 4.69) is 35.3 Å². The third-order valence-corrected chi connectivity index (χ3v) is 4.89. The van der Waals surface area contributed by atoms with E-state index in [1.807, 2.05) is 6.07 Å². The topological polar surface area (TPSA) is 28.4 Å². The van der Waals surface area contributed by atoms with E-state index in [1.165, 1.54) is 43.3 Å². The molecule has 114 valence electrons. The maximum atomic E-state index is 5.89. The van der Waals surface area contributed by atoms with Gasteiger partial charge >= 0.3 is 0 Å². The van der Waals surface area contributed by atoms with Crippen LogP contribution in [0.2, 0.25) is 0 Å². The van der Waals surface area contributed by atoms with Gasteiger partial charge in [0.15, 0.2) is 0 Å². The van der Waals surface area contributed by atoms with Crippen molar-refractivity contribution in [3.63, 3.8) is 0 Å². The van der Waals surface area contributed by atoms with Gasteiger partial charge in [0.25, 0.3) is 0 Å². The van der Waals surface area contributed by atoms with Gasteiger partial charge in [-0.2, -0.15) is 0 Å². The molecule has 2 bridgehead atoms. The maximum absolute atomic E-state index is 5.89. The molecule has 2 saturated heterocycles. The van der Waals surface area contributed by atoms with Crippen LogP contribution in [0.25, 0.3) is 11.0 Å². The summed E-state index contributed by atoms with van der Waals surface area (Å²) in [7, 11) is 0. The van der Waals surface area contributed by atoms with E-state index in [0.717, 1.165) is 23.9 Å². The summed E-state index contributed by atoms with van der Waals surface area (Å²) in [6.07, 6.45) is 3.99. The average molecular weight is 307 g/mol. The number of fused-ring (bicyclic) bond motifs is 3. The molecule has 1 N–H and O–H groups in total. The lowest BCUT2D eigenvalue weighted by Crippen LogP contribution is -2.35. The van der Waals surface area contributed by atoms with Gasteiger partial charge in [-0.1, -0.05) is 18.2 Å². The van der Waals surface area contributed by atoms with Gasteiger partial charge in [-0.25, -0.2) is 0 Å². The zero-order valence-corrected chi connectivity index (χ0v) is 13.3. The third kappa shape index (κ3) is 2.83. The molecular formula is C17H23ClN2O. The molecule has 2 aliphatic rings. The summed E-state index contributed by atoms with van der Waals surface area (Å²) in [5.74, 6) is 1.08. The summed E-state index contributed by atoms with van der Waals surface area (Å²) in [6, 6.07) is 9.85. The minimum Gasteiger partial charge on any atom is -0.461 e. The minimum absolute atomic E-state index is 0.